The molecule has 9 aromatic carbocycles. The molecule has 0 N–H and O–H groups in total. The second-order valence-corrected chi connectivity index (χ2v) is 14.0. The number of rotatable bonds is 5. The molecule has 0 fully saturated rings. The monoisotopic (exact) mass is 700 g/mol. The second kappa shape index (κ2) is 12.6. The predicted octanol–water partition coefficient (Wildman–Crippen LogP) is 13.1. The molecule has 55 heavy (non-hydrogen) atoms. The molecule has 0 unspecified atom stereocenters. The first-order valence-corrected chi connectivity index (χ1v) is 18.6. The highest BCUT2D eigenvalue weighted by molar-refractivity contribution is 6.16. The zero-order chi connectivity index (χ0) is 36.3. The van der Waals surface area contributed by atoms with Gasteiger partial charge < -0.3 is 4.57 Å². The van der Waals surface area contributed by atoms with Crippen LogP contribution in [0.4, 0.5) is 0 Å². The van der Waals surface area contributed by atoms with Crippen LogP contribution in [0.15, 0.2) is 194 Å². The number of benzene rings is 9. The van der Waals surface area contributed by atoms with Crippen molar-refractivity contribution < 1.29 is 0 Å². The summed E-state index contributed by atoms with van der Waals surface area (Å²) in [5, 5.41) is 9.45. The Morgan fingerprint density at radius 2 is 0.818 bits per heavy atom. The van der Waals surface area contributed by atoms with Gasteiger partial charge in [0, 0.05) is 38.4 Å². The third kappa shape index (κ3) is 5.19. The minimum Gasteiger partial charge on any atom is -0.308 e. The van der Waals surface area contributed by atoms with E-state index in [4.69, 9.17) is 15.0 Å². The van der Waals surface area contributed by atoms with E-state index < -0.39 is 0 Å². The molecule has 4 nitrogen and oxygen atoms in total. The summed E-state index contributed by atoms with van der Waals surface area (Å²) < 4.78 is 2.48. The van der Waals surface area contributed by atoms with Gasteiger partial charge in [-0.1, -0.05) is 164 Å². The number of para-hydroxylation sites is 1. The van der Waals surface area contributed by atoms with Crippen LogP contribution in [0.2, 0.25) is 0 Å². The number of hydrogen-bond acceptors (Lipinski definition) is 3. The normalized spacial score (nSPS) is 11.6. The van der Waals surface area contributed by atoms with E-state index in [9.17, 15) is 0 Å². The van der Waals surface area contributed by atoms with Crippen LogP contribution in [0.3, 0.4) is 0 Å². The van der Waals surface area contributed by atoms with E-state index in [0.29, 0.717) is 17.5 Å². The second-order valence-electron chi connectivity index (χ2n) is 14.0. The zero-order valence-corrected chi connectivity index (χ0v) is 29.8. The molecule has 0 bridgehead atoms. The molecular formula is C51H32N4. The van der Waals surface area contributed by atoms with Gasteiger partial charge in [0.05, 0.1) is 16.7 Å². The lowest BCUT2D eigenvalue weighted by molar-refractivity contribution is 1.08. The Hall–Kier alpha value is -7.43. The minimum absolute atomic E-state index is 0.630. The lowest BCUT2D eigenvalue weighted by Gasteiger charge is -2.20. The average molecular weight is 701 g/mol. The molecule has 0 radical (unpaired) electrons. The maximum absolute atomic E-state index is 5.23. The number of nitrogens with zero attached hydrogens (tertiary/aromatic N) is 4. The minimum atomic E-state index is 0.630. The highest BCUT2D eigenvalue weighted by Crippen LogP contribution is 2.44. The van der Waals surface area contributed by atoms with Crippen molar-refractivity contribution in [1.82, 2.24) is 19.5 Å². The van der Waals surface area contributed by atoms with Crippen LogP contribution < -0.4 is 0 Å². The molecule has 2 heterocycles. The highest BCUT2D eigenvalue weighted by Gasteiger charge is 2.23. The van der Waals surface area contributed by atoms with Gasteiger partial charge in [-0.05, 0) is 62.8 Å². The highest BCUT2D eigenvalue weighted by atomic mass is 15.0. The van der Waals surface area contributed by atoms with Crippen molar-refractivity contribution in [2.45, 2.75) is 0 Å². The third-order valence-corrected chi connectivity index (χ3v) is 10.8. The van der Waals surface area contributed by atoms with Gasteiger partial charge in [0.1, 0.15) is 0 Å². The molecule has 11 rings (SSSR count). The molecule has 0 saturated carbocycles. The Balaban J connectivity index is 1.28. The maximum Gasteiger partial charge on any atom is 0.164 e. The van der Waals surface area contributed by atoms with Crippen molar-refractivity contribution >= 4 is 54.1 Å². The average Bonchev–Trinajstić information content (AvgIpc) is 3.57. The van der Waals surface area contributed by atoms with Crippen molar-refractivity contribution in [2.24, 2.45) is 0 Å². The number of aromatic nitrogens is 4. The topological polar surface area (TPSA) is 43.6 Å². The van der Waals surface area contributed by atoms with E-state index >= 15 is 0 Å². The molecule has 0 aliphatic carbocycles. The van der Waals surface area contributed by atoms with Crippen molar-refractivity contribution in [3.8, 4) is 51.0 Å². The van der Waals surface area contributed by atoms with E-state index in [-0.39, 0.29) is 0 Å². The molecule has 0 atom stereocenters. The van der Waals surface area contributed by atoms with Gasteiger partial charge in [-0.2, -0.15) is 0 Å². The fourth-order valence-corrected chi connectivity index (χ4v) is 8.19. The Morgan fingerprint density at radius 3 is 1.51 bits per heavy atom. The summed E-state index contributed by atoms with van der Waals surface area (Å²) in [7, 11) is 0. The molecule has 0 spiro atoms. The molecule has 0 aliphatic rings. The van der Waals surface area contributed by atoms with Crippen molar-refractivity contribution in [3.05, 3.63) is 194 Å². The summed E-state index contributed by atoms with van der Waals surface area (Å²) in [5.41, 5.74) is 8.49. The number of hydrogen-bond donors (Lipinski definition) is 0. The van der Waals surface area contributed by atoms with Crippen LogP contribution in [-0.2, 0) is 0 Å². The summed E-state index contributed by atoms with van der Waals surface area (Å²) in [5.74, 6) is 1.91. The zero-order valence-electron chi connectivity index (χ0n) is 29.8. The lowest BCUT2D eigenvalue weighted by Crippen LogP contribution is -2.03. The summed E-state index contributed by atoms with van der Waals surface area (Å²) in [6.07, 6.45) is 0. The Morgan fingerprint density at radius 1 is 0.291 bits per heavy atom. The molecule has 0 aliphatic heterocycles. The van der Waals surface area contributed by atoms with Crippen LogP contribution in [0, 0.1) is 0 Å². The largest absolute Gasteiger partial charge is 0.308 e. The molecule has 0 amide bonds. The van der Waals surface area contributed by atoms with E-state index in [2.05, 4.69) is 162 Å². The van der Waals surface area contributed by atoms with Gasteiger partial charge in [-0.25, -0.2) is 15.0 Å². The van der Waals surface area contributed by atoms with E-state index in [1.807, 2.05) is 36.4 Å². The van der Waals surface area contributed by atoms with Crippen molar-refractivity contribution in [1.29, 1.82) is 0 Å². The van der Waals surface area contributed by atoms with Crippen LogP contribution in [-0.4, -0.2) is 19.5 Å². The van der Waals surface area contributed by atoms with Crippen molar-refractivity contribution in [3.63, 3.8) is 0 Å². The van der Waals surface area contributed by atoms with E-state index in [1.165, 1.54) is 32.3 Å². The lowest BCUT2D eigenvalue weighted by atomic mass is 9.92. The molecule has 256 valence electrons. The molecule has 4 heteroatoms. The first-order chi connectivity index (χ1) is 27.3. The van der Waals surface area contributed by atoms with Crippen LogP contribution >= 0.6 is 0 Å². The van der Waals surface area contributed by atoms with Gasteiger partial charge in [0.15, 0.2) is 17.5 Å². The number of fused-ring (bicyclic) bond motifs is 6. The Bertz CT molecular complexity index is 3200. The first-order valence-electron chi connectivity index (χ1n) is 18.6. The molecule has 0 saturated heterocycles. The summed E-state index contributed by atoms with van der Waals surface area (Å²) >= 11 is 0. The fraction of sp³-hybridized carbons (Fsp3) is 0. The van der Waals surface area contributed by atoms with E-state index in [1.54, 1.807) is 0 Å². The van der Waals surface area contributed by atoms with Crippen molar-refractivity contribution in [2.75, 3.05) is 0 Å². The molecule has 11 aromatic rings. The van der Waals surface area contributed by atoms with Gasteiger partial charge in [-0.3, -0.25) is 0 Å². The predicted molar refractivity (Wildman–Crippen MR) is 228 cm³/mol. The van der Waals surface area contributed by atoms with Gasteiger partial charge >= 0.3 is 0 Å². The SMILES string of the molecule is c1ccc(-c2nc(-c3ccccc3)nc(-c3cc(-c4ccc5ccccc5c4)c(-n4c5ccccc5c5cc6ccccc6cc54)c4ccccc34)n2)cc1. The first kappa shape index (κ1) is 31.1. The van der Waals surface area contributed by atoms with Gasteiger partial charge in [-0.15, -0.1) is 0 Å². The molecular weight excluding hydrogens is 669 g/mol. The van der Waals surface area contributed by atoms with Gasteiger partial charge in [0.25, 0.3) is 0 Å². The summed E-state index contributed by atoms with van der Waals surface area (Å²) in [4.78, 5) is 15.5. The van der Waals surface area contributed by atoms with Crippen LogP contribution in [0.25, 0.3) is 105 Å². The Kier molecular flexibility index (Phi) is 7.14. The van der Waals surface area contributed by atoms with E-state index in [0.717, 1.165) is 55.3 Å². The van der Waals surface area contributed by atoms with Crippen LogP contribution in [0.5, 0.6) is 0 Å². The quantitative estimate of drug-likeness (QED) is 0.179. The molecule has 2 aromatic heterocycles. The summed E-state index contributed by atoms with van der Waals surface area (Å²) in [6.45, 7) is 0. The third-order valence-electron chi connectivity index (χ3n) is 10.8. The smallest absolute Gasteiger partial charge is 0.164 e. The fourth-order valence-electron chi connectivity index (χ4n) is 8.19. The summed E-state index contributed by atoms with van der Waals surface area (Å²) in [6, 6.07) is 68.9. The Labute approximate surface area is 317 Å². The standard InChI is InChI=1S/C51H32N4/c1-3-16-34(17-4-1)49-52-50(35-18-5-2-6-19-35)54-51(53-49)45-32-43(39-28-27-33-15-7-8-20-36(33)29-39)48(42-25-12-11-23-40(42)45)55-46-26-14-13-24-41(46)44-30-37-21-9-10-22-38(37)31-47(44)55/h1-32H. The van der Waals surface area contributed by atoms with Crippen LogP contribution in [0.1, 0.15) is 0 Å². The van der Waals surface area contributed by atoms with Gasteiger partial charge in [0.2, 0.25) is 0 Å². The maximum atomic E-state index is 5.23.